The summed E-state index contributed by atoms with van der Waals surface area (Å²) in [7, 11) is 0. The van der Waals surface area contributed by atoms with Crippen LogP contribution in [0.25, 0.3) is 0 Å². The summed E-state index contributed by atoms with van der Waals surface area (Å²) in [5.74, 6) is 0.145. The molecule has 0 aliphatic heterocycles. The summed E-state index contributed by atoms with van der Waals surface area (Å²) in [5, 5.41) is 33.7. The number of hydrogen-bond donors (Lipinski definition) is 3. The summed E-state index contributed by atoms with van der Waals surface area (Å²) in [6.45, 7) is 6.13. The molecule has 26 heavy (non-hydrogen) atoms. The number of aliphatic hydroxyl groups is 3. The smallest absolute Gasteiger partial charge is 0.311 e. The number of esters is 1. The van der Waals surface area contributed by atoms with E-state index in [2.05, 4.69) is 0 Å². The zero-order valence-electron chi connectivity index (χ0n) is 16.1. The van der Waals surface area contributed by atoms with Crippen LogP contribution in [0.3, 0.4) is 0 Å². The molecule has 7 saturated carbocycles. The van der Waals surface area contributed by atoms with Crippen molar-refractivity contribution < 1.29 is 24.9 Å². The molecule has 5 nitrogen and oxygen atoms in total. The summed E-state index contributed by atoms with van der Waals surface area (Å²) in [5.41, 5.74) is -3.15. The summed E-state index contributed by atoms with van der Waals surface area (Å²) >= 11 is 0. The lowest BCUT2D eigenvalue weighted by Crippen LogP contribution is -2.82. The second-order valence-electron chi connectivity index (χ2n) is 11.1. The third-order valence-electron chi connectivity index (χ3n) is 9.31. The van der Waals surface area contributed by atoms with Crippen molar-refractivity contribution >= 4 is 5.97 Å². The lowest BCUT2D eigenvalue weighted by Gasteiger charge is -2.79. The van der Waals surface area contributed by atoms with E-state index < -0.39 is 22.2 Å². The monoisotopic (exact) mass is 364 g/mol. The summed E-state index contributed by atoms with van der Waals surface area (Å²) in [4.78, 5) is 12.6. The fourth-order valence-corrected chi connectivity index (χ4v) is 7.94. The molecule has 0 aromatic carbocycles. The van der Waals surface area contributed by atoms with Gasteiger partial charge in [0.2, 0.25) is 0 Å². The fourth-order valence-electron chi connectivity index (χ4n) is 7.94. The van der Waals surface area contributed by atoms with Gasteiger partial charge in [-0.05, 0) is 76.0 Å². The largest absolute Gasteiger partial charge is 0.465 e. The molecule has 0 aromatic rings. The molecule has 0 aromatic heterocycles. The first-order valence-corrected chi connectivity index (χ1v) is 10.3. The minimum Gasteiger partial charge on any atom is -0.465 e. The minimum atomic E-state index is -0.844. The van der Waals surface area contributed by atoms with Crippen LogP contribution in [0.1, 0.15) is 65.7 Å². The van der Waals surface area contributed by atoms with Gasteiger partial charge in [-0.15, -0.1) is 0 Å². The second-order valence-corrected chi connectivity index (χ2v) is 11.1. The van der Waals surface area contributed by atoms with E-state index in [-0.39, 0.29) is 35.1 Å². The molecule has 8 bridgehead atoms. The second kappa shape index (κ2) is 4.66. The van der Waals surface area contributed by atoms with Crippen molar-refractivity contribution in [2.24, 2.45) is 34.5 Å². The van der Waals surface area contributed by atoms with Gasteiger partial charge in [-0.2, -0.15) is 0 Å². The lowest BCUT2D eigenvalue weighted by molar-refractivity contribution is -0.380. The van der Waals surface area contributed by atoms with Gasteiger partial charge in [0.05, 0.1) is 28.8 Å². The van der Waals surface area contributed by atoms with Gasteiger partial charge < -0.3 is 20.1 Å². The van der Waals surface area contributed by atoms with E-state index in [1.807, 2.05) is 20.8 Å². The molecule has 0 spiro atoms. The molecule has 0 saturated heterocycles. The SMILES string of the molecule is CCC(C)(C)C(=O)OCC12CC3(O)CC4C1CC1(O)CC2C(C3)C4(O)C1. The summed E-state index contributed by atoms with van der Waals surface area (Å²) < 4.78 is 5.87. The van der Waals surface area contributed by atoms with Gasteiger partial charge in [0, 0.05) is 11.8 Å². The van der Waals surface area contributed by atoms with E-state index in [1.165, 1.54) is 0 Å². The van der Waals surface area contributed by atoms with Crippen LogP contribution in [-0.2, 0) is 9.53 Å². The molecule has 7 fully saturated rings. The molecule has 7 rings (SSSR count). The highest BCUT2D eigenvalue weighted by Crippen LogP contribution is 2.78. The van der Waals surface area contributed by atoms with E-state index in [1.54, 1.807) is 0 Å². The van der Waals surface area contributed by atoms with Crippen LogP contribution >= 0.6 is 0 Å². The Balaban J connectivity index is 1.51. The van der Waals surface area contributed by atoms with Crippen LogP contribution in [0.2, 0.25) is 0 Å². The van der Waals surface area contributed by atoms with Crippen molar-refractivity contribution in [3.05, 3.63) is 0 Å². The van der Waals surface area contributed by atoms with E-state index in [4.69, 9.17) is 4.74 Å². The Morgan fingerprint density at radius 3 is 2.00 bits per heavy atom. The predicted octanol–water partition coefficient (Wildman–Crippen LogP) is 2.02. The van der Waals surface area contributed by atoms with Crippen molar-refractivity contribution in [1.82, 2.24) is 0 Å². The molecule has 0 amide bonds. The first-order chi connectivity index (χ1) is 12.0. The highest BCUT2D eigenvalue weighted by molar-refractivity contribution is 5.75. The first-order valence-electron chi connectivity index (χ1n) is 10.3. The van der Waals surface area contributed by atoms with Gasteiger partial charge in [0.15, 0.2) is 0 Å². The van der Waals surface area contributed by atoms with Gasteiger partial charge in [-0.1, -0.05) is 6.92 Å². The Hall–Kier alpha value is -0.650. The van der Waals surface area contributed by atoms with Crippen LogP contribution in [-0.4, -0.2) is 44.7 Å². The molecule has 3 N–H and O–H groups in total. The molecule has 4 atom stereocenters. The van der Waals surface area contributed by atoms with Crippen molar-refractivity contribution in [2.75, 3.05) is 6.61 Å². The standard InChI is InChI=1S/C21H32O5/c1-4-17(2,3)16(22)26-11-20-9-18(23)7-14-12(20)5-19(24)6-13(20)15(8-18)21(14,25)10-19/h12-15,23-25H,4-11H2,1-3H3. The molecule has 7 aliphatic carbocycles. The minimum absolute atomic E-state index is 0.0229. The highest BCUT2D eigenvalue weighted by atomic mass is 16.5. The molecule has 5 heteroatoms. The van der Waals surface area contributed by atoms with Gasteiger partial charge in [-0.3, -0.25) is 4.79 Å². The molecular weight excluding hydrogens is 332 g/mol. The average molecular weight is 364 g/mol. The van der Waals surface area contributed by atoms with Gasteiger partial charge >= 0.3 is 5.97 Å². The normalized spacial score (nSPS) is 56.2. The van der Waals surface area contributed by atoms with Crippen molar-refractivity contribution in [1.29, 1.82) is 0 Å². The predicted molar refractivity (Wildman–Crippen MR) is 94.0 cm³/mol. The quantitative estimate of drug-likeness (QED) is 0.665. The Morgan fingerprint density at radius 2 is 1.46 bits per heavy atom. The van der Waals surface area contributed by atoms with Crippen LogP contribution in [0, 0.1) is 34.5 Å². The molecule has 0 radical (unpaired) electrons. The first kappa shape index (κ1) is 17.4. The Kier molecular flexibility index (Phi) is 3.13. The van der Waals surface area contributed by atoms with E-state index in [0.29, 0.717) is 45.1 Å². The molecule has 7 aliphatic rings. The third kappa shape index (κ3) is 1.90. The average Bonchev–Trinajstić information content (AvgIpc) is 2.55. The Morgan fingerprint density at radius 1 is 0.962 bits per heavy atom. The zero-order valence-corrected chi connectivity index (χ0v) is 16.1. The molecule has 4 unspecified atom stereocenters. The zero-order chi connectivity index (χ0) is 18.8. The van der Waals surface area contributed by atoms with Gasteiger partial charge in [-0.25, -0.2) is 0 Å². The van der Waals surface area contributed by atoms with E-state index in [0.717, 1.165) is 6.42 Å². The Labute approximate surface area is 155 Å². The Bertz CT molecular complexity index is 643. The van der Waals surface area contributed by atoms with Crippen molar-refractivity contribution in [3.8, 4) is 0 Å². The van der Waals surface area contributed by atoms with Crippen LogP contribution < -0.4 is 0 Å². The number of carbonyl (C=O) groups excluding carboxylic acids is 1. The number of ether oxygens (including phenoxy) is 1. The van der Waals surface area contributed by atoms with E-state index >= 15 is 0 Å². The third-order valence-corrected chi connectivity index (χ3v) is 9.31. The van der Waals surface area contributed by atoms with Crippen LogP contribution in [0.5, 0.6) is 0 Å². The molecule has 146 valence electrons. The summed E-state index contributed by atoms with van der Waals surface area (Å²) in [6.07, 6.45) is 4.43. The van der Waals surface area contributed by atoms with Crippen LogP contribution in [0.4, 0.5) is 0 Å². The lowest BCUT2D eigenvalue weighted by atomic mass is 9.28. The summed E-state index contributed by atoms with van der Waals surface area (Å²) in [6, 6.07) is 0. The van der Waals surface area contributed by atoms with Gasteiger partial charge in [0.25, 0.3) is 0 Å². The van der Waals surface area contributed by atoms with Gasteiger partial charge in [0.1, 0.15) is 0 Å². The molecule has 0 heterocycles. The highest BCUT2D eigenvalue weighted by Gasteiger charge is 2.80. The fraction of sp³-hybridized carbons (Fsp3) is 0.952. The maximum atomic E-state index is 12.6. The number of carbonyl (C=O) groups is 1. The van der Waals surface area contributed by atoms with E-state index in [9.17, 15) is 20.1 Å². The van der Waals surface area contributed by atoms with Crippen molar-refractivity contribution in [3.63, 3.8) is 0 Å². The number of hydrogen-bond acceptors (Lipinski definition) is 5. The maximum absolute atomic E-state index is 12.6. The van der Waals surface area contributed by atoms with Crippen molar-refractivity contribution in [2.45, 2.75) is 82.5 Å². The number of rotatable bonds is 4. The maximum Gasteiger partial charge on any atom is 0.311 e. The molecular formula is C21H32O5. The van der Waals surface area contributed by atoms with Crippen LogP contribution in [0.15, 0.2) is 0 Å². The topological polar surface area (TPSA) is 87.0 Å².